The van der Waals surface area contributed by atoms with Crippen molar-refractivity contribution in [3.63, 3.8) is 0 Å². The van der Waals surface area contributed by atoms with E-state index >= 15 is 0 Å². The molecular weight excluding hydrogens is 287 g/mol. The van der Waals surface area contributed by atoms with Crippen LogP contribution in [0.2, 0.25) is 0 Å². The summed E-state index contributed by atoms with van der Waals surface area (Å²) >= 11 is 0. The fourth-order valence-corrected chi connectivity index (χ4v) is 2.58. The van der Waals surface area contributed by atoms with Crippen LogP contribution in [-0.4, -0.2) is 79.3 Å². The Kier molecular flexibility index (Phi) is 13.4. The van der Waals surface area contributed by atoms with Crippen LogP contribution in [0.5, 0.6) is 0 Å². The molecule has 1 saturated carbocycles. The molecule has 1 aliphatic carbocycles. The number of Topliss-reactive ketones (excluding diaryl/α,β-unsaturated/α-hetero) is 2. The van der Waals surface area contributed by atoms with E-state index in [-0.39, 0.29) is 63.0 Å². The molecule has 0 spiro atoms. The number of carboxylic acid groups (broad SMARTS) is 2. The van der Waals surface area contributed by atoms with Crippen molar-refractivity contribution in [1.29, 1.82) is 0 Å². The zero-order valence-corrected chi connectivity index (χ0v) is 11.8. The van der Waals surface area contributed by atoms with Crippen molar-refractivity contribution in [3.8, 4) is 0 Å². The zero-order chi connectivity index (χ0) is 14.9. The second-order valence-corrected chi connectivity index (χ2v) is 5.01. The number of rotatable bonds is 5. The predicted octanol–water partition coefficient (Wildman–Crippen LogP) is 2.86. The van der Waals surface area contributed by atoms with Gasteiger partial charge in [0, 0.05) is 6.42 Å². The normalized spacial score (nSPS) is 21.2. The summed E-state index contributed by atoms with van der Waals surface area (Å²) < 4.78 is 0. The summed E-state index contributed by atoms with van der Waals surface area (Å²) in [6.07, 6.45) is 5.66. The molecule has 0 aromatic heterocycles. The second kappa shape index (κ2) is 11.9. The number of hydrogen-bond donors (Lipinski definition) is 2. The zero-order valence-electron chi connectivity index (χ0n) is 11.8. The molecule has 0 bridgehead atoms. The van der Waals surface area contributed by atoms with E-state index in [1.54, 1.807) is 6.92 Å². The average Bonchev–Trinajstić information content (AvgIpc) is 2.31. The third kappa shape index (κ3) is 7.88. The number of hydrogen-bond acceptors (Lipinski definition) is 3. The van der Waals surface area contributed by atoms with Gasteiger partial charge in [0.05, 0.1) is 5.41 Å². The molecule has 0 amide bonds. The summed E-state index contributed by atoms with van der Waals surface area (Å²) in [6.45, 7) is 3.73. The van der Waals surface area contributed by atoms with Crippen LogP contribution >= 0.6 is 0 Å². The van der Waals surface area contributed by atoms with E-state index in [9.17, 15) is 9.59 Å². The molecule has 1 rings (SSSR count). The van der Waals surface area contributed by atoms with E-state index in [2.05, 4.69) is 6.92 Å². The van der Waals surface area contributed by atoms with Gasteiger partial charge in [-0.2, -0.15) is 0 Å². The van der Waals surface area contributed by atoms with Crippen molar-refractivity contribution in [1.82, 2.24) is 0 Å². The maximum atomic E-state index is 11.9. The molecule has 112 valence electrons. The summed E-state index contributed by atoms with van der Waals surface area (Å²) in [5.41, 5.74) is -0.590. The molecule has 1 aliphatic rings. The third-order valence-electron chi connectivity index (χ3n) is 3.67. The SMILES string of the molecule is CCCCCC1(C(C)=O)CCCCC1=O.O=C(O)O.[KH]. The Labute approximate surface area is 162 Å². The van der Waals surface area contributed by atoms with Crippen LogP contribution in [0, 0.1) is 5.41 Å². The average molecular weight is 312 g/mol. The summed E-state index contributed by atoms with van der Waals surface area (Å²) in [5, 5.41) is 13.9. The summed E-state index contributed by atoms with van der Waals surface area (Å²) in [5.74, 6) is 0.306. The molecule has 0 heterocycles. The third-order valence-corrected chi connectivity index (χ3v) is 3.67. The molecule has 1 unspecified atom stereocenters. The molecule has 1 atom stereocenters. The van der Waals surface area contributed by atoms with E-state index in [1.165, 1.54) is 0 Å². The van der Waals surface area contributed by atoms with Gasteiger partial charge in [-0.1, -0.05) is 32.6 Å². The Morgan fingerprint density at radius 3 is 2.15 bits per heavy atom. The van der Waals surface area contributed by atoms with Crippen molar-refractivity contribution in [2.24, 2.45) is 5.41 Å². The van der Waals surface area contributed by atoms with E-state index in [0.717, 1.165) is 44.9 Å². The van der Waals surface area contributed by atoms with Gasteiger partial charge in [-0.15, -0.1) is 0 Å². The van der Waals surface area contributed by atoms with Gasteiger partial charge in [0.1, 0.15) is 11.6 Å². The minimum absolute atomic E-state index is 0. The number of ketones is 2. The van der Waals surface area contributed by atoms with Gasteiger partial charge in [-0.05, 0) is 26.2 Å². The quantitative estimate of drug-likeness (QED) is 0.462. The fraction of sp³-hybridized carbons (Fsp3) is 0.786. The molecule has 1 fully saturated rings. The van der Waals surface area contributed by atoms with E-state index in [4.69, 9.17) is 15.0 Å². The Bertz CT molecular complexity index is 326. The van der Waals surface area contributed by atoms with Crippen molar-refractivity contribution < 1.29 is 24.6 Å². The van der Waals surface area contributed by atoms with Crippen molar-refractivity contribution >= 4 is 69.1 Å². The van der Waals surface area contributed by atoms with Gasteiger partial charge in [0.2, 0.25) is 0 Å². The Hall–Kier alpha value is 0.246. The summed E-state index contributed by atoms with van der Waals surface area (Å²) in [4.78, 5) is 32.2. The van der Waals surface area contributed by atoms with Crippen LogP contribution in [0.25, 0.3) is 0 Å². The monoisotopic (exact) mass is 312 g/mol. The van der Waals surface area contributed by atoms with E-state index < -0.39 is 11.6 Å². The Morgan fingerprint density at radius 1 is 1.20 bits per heavy atom. The van der Waals surface area contributed by atoms with Crippen molar-refractivity contribution in [2.45, 2.75) is 65.2 Å². The van der Waals surface area contributed by atoms with Crippen LogP contribution < -0.4 is 0 Å². The first-order valence-electron chi connectivity index (χ1n) is 6.83. The number of carbonyl (C=O) groups is 3. The first kappa shape index (κ1) is 22.5. The minimum atomic E-state index is -1.83. The van der Waals surface area contributed by atoms with E-state index in [0.29, 0.717) is 6.42 Å². The fourth-order valence-electron chi connectivity index (χ4n) is 2.58. The van der Waals surface area contributed by atoms with Gasteiger partial charge >= 0.3 is 57.5 Å². The number of unbranched alkanes of at least 4 members (excludes halogenated alkanes) is 2. The molecule has 6 heteroatoms. The topological polar surface area (TPSA) is 91.7 Å². The molecule has 5 nitrogen and oxygen atoms in total. The van der Waals surface area contributed by atoms with Gasteiger partial charge < -0.3 is 10.2 Å². The van der Waals surface area contributed by atoms with Crippen LogP contribution in [-0.2, 0) is 9.59 Å². The summed E-state index contributed by atoms with van der Waals surface area (Å²) in [6, 6.07) is 0. The van der Waals surface area contributed by atoms with Gasteiger partial charge in [0.15, 0.2) is 0 Å². The predicted molar refractivity (Wildman–Crippen MR) is 78.5 cm³/mol. The standard InChI is InChI=1S/C13H22O2.CH2O3.K.H/c1-3-4-6-9-13(11(2)14)10-7-5-8-12(13)15;2-1(3)4;;/h3-10H2,1-2H3;(H2,2,3,4);;. The molecular formula is C14H25KO5. The van der Waals surface area contributed by atoms with Crippen molar-refractivity contribution in [2.75, 3.05) is 0 Å². The van der Waals surface area contributed by atoms with Gasteiger partial charge in [0.25, 0.3) is 0 Å². The Morgan fingerprint density at radius 2 is 1.75 bits per heavy atom. The molecule has 0 aromatic carbocycles. The van der Waals surface area contributed by atoms with Crippen LogP contribution in [0.4, 0.5) is 4.79 Å². The van der Waals surface area contributed by atoms with Gasteiger partial charge in [-0.3, -0.25) is 9.59 Å². The first-order chi connectivity index (χ1) is 8.86. The van der Waals surface area contributed by atoms with Crippen molar-refractivity contribution in [3.05, 3.63) is 0 Å². The summed E-state index contributed by atoms with van der Waals surface area (Å²) in [7, 11) is 0. The van der Waals surface area contributed by atoms with Crippen LogP contribution in [0.3, 0.4) is 0 Å². The molecule has 2 N–H and O–H groups in total. The second-order valence-electron chi connectivity index (χ2n) is 5.01. The molecule has 0 aliphatic heterocycles. The van der Waals surface area contributed by atoms with Gasteiger partial charge in [-0.25, -0.2) is 4.79 Å². The molecule has 20 heavy (non-hydrogen) atoms. The maximum absolute atomic E-state index is 11.9. The molecule has 0 radical (unpaired) electrons. The molecule has 0 aromatic rings. The number of carbonyl (C=O) groups excluding carboxylic acids is 2. The molecule has 0 saturated heterocycles. The van der Waals surface area contributed by atoms with Crippen LogP contribution in [0.15, 0.2) is 0 Å². The van der Waals surface area contributed by atoms with E-state index in [1.807, 2.05) is 0 Å². The van der Waals surface area contributed by atoms with Crippen LogP contribution in [0.1, 0.15) is 65.2 Å². The Balaban J connectivity index is 0. The first-order valence-corrected chi connectivity index (χ1v) is 6.83.